The van der Waals surface area contributed by atoms with Gasteiger partial charge in [-0.15, -0.1) is 11.3 Å². The summed E-state index contributed by atoms with van der Waals surface area (Å²) in [4.78, 5) is 32.9. The van der Waals surface area contributed by atoms with Gasteiger partial charge in [0.1, 0.15) is 11.7 Å². The van der Waals surface area contributed by atoms with Crippen LogP contribution in [0.25, 0.3) is 10.4 Å². The van der Waals surface area contributed by atoms with E-state index >= 15 is 0 Å². The predicted molar refractivity (Wildman–Crippen MR) is 137 cm³/mol. The third-order valence-electron chi connectivity index (χ3n) is 6.34. The van der Waals surface area contributed by atoms with Crippen LogP contribution in [0.4, 0.5) is 0 Å². The van der Waals surface area contributed by atoms with E-state index < -0.39 is 6.04 Å². The normalized spacial score (nSPS) is 18.9. The van der Waals surface area contributed by atoms with Gasteiger partial charge < -0.3 is 10.6 Å². The first kappa shape index (κ1) is 23.5. The van der Waals surface area contributed by atoms with Gasteiger partial charge in [-0.3, -0.25) is 9.59 Å². The highest BCUT2D eigenvalue weighted by atomic mass is 35.5. The average Bonchev–Trinajstić information content (AvgIpc) is 3.63. The summed E-state index contributed by atoms with van der Waals surface area (Å²) in [5.41, 5.74) is 1.79. The second kappa shape index (κ2) is 10.2. The monoisotopic (exact) mass is 513 g/mol. The van der Waals surface area contributed by atoms with E-state index in [0.717, 1.165) is 54.1 Å². The molecular formula is C26H25Cl2N3O2S. The second-order valence-electron chi connectivity index (χ2n) is 8.87. The fourth-order valence-corrected chi connectivity index (χ4v) is 5.86. The summed E-state index contributed by atoms with van der Waals surface area (Å²) in [6, 6.07) is 13.7. The van der Waals surface area contributed by atoms with E-state index in [-0.39, 0.29) is 17.7 Å². The Morgan fingerprint density at radius 3 is 2.50 bits per heavy atom. The van der Waals surface area contributed by atoms with Gasteiger partial charge in [0.25, 0.3) is 5.91 Å². The van der Waals surface area contributed by atoms with Crippen LogP contribution >= 0.6 is 34.5 Å². The van der Waals surface area contributed by atoms with Crippen molar-refractivity contribution in [3.05, 3.63) is 74.8 Å². The lowest BCUT2D eigenvalue weighted by molar-refractivity contribution is 0.0823. The van der Waals surface area contributed by atoms with Gasteiger partial charge in [-0.2, -0.15) is 0 Å². The van der Waals surface area contributed by atoms with Gasteiger partial charge in [-0.1, -0.05) is 60.0 Å². The van der Waals surface area contributed by atoms with E-state index in [4.69, 9.17) is 28.2 Å². The highest BCUT2D eigenvalue weighted by Crippen LogP contribution is 2.45. The molecule has 1 saturated carbocycles. The van der Waals surface area contributed by atoms with Crippen molar-refractivity contribution in [3.8, 4) is 10.4 Å². The minimum Gasteiger partial charge on any atom is -0.340 e. The van der Waals surface area contributed by atoms with Crippen LogP contribution in [0, 0.1) is 0 Å². The molecule has 2 atom stereocenters. The van der Waals surface area contributed by atoms with Crippen molar-refractivity contribution < 1.29 is 9.59 Å². The Kier molecular flexibility index (Phi) is 7.02. The third kappa shape index (κ3) is 5.05. The van der Waals surface area contributed by atoms with E-state index in [1.54, 1.807) is 23.5 Å². The quantitative estimate of drug-likeness (QED) is 0.373. The van der Waals surface area contributed by atoms with Crippen molar-refractivity contribution in [1.82, 2.24) is 15.6 Å². The molecule has 0 bridgehead atoms. The molecular weight excluding hydrogens is 489 g/mol. The Morgan fingerprint density at radius 1 is 1.03 bits per heavy atom. The summed E-state index contributed by atoms with van der Waals surface area (Å²) in [7, 11) is 0. The van der Waals surface area contributed by atoms with E-state index in [2.05, 4.69) is 10.6 Å². The molecule has 1 aromatic heterocycles. The molecule has 176 valence electrons. The van der Waals surface area contributed by atoms with E-state index in [1.807, 2.05) is 30.3 Å². The van der Waals surface area contributed by atoms with Crippen molar-refractivity contribution in [3.63, 3.8) is 0 Å². The summed E-state index contributed by atoms with van der Waals surface area (Å²) >= 11 is 13.7. The number of carbonyl (C=O) groups excluding carboxylic acids is 2. The van der Waals surface area contributed by atoms with Gasteiger partial charge in [-0.05, 0) is 56.0 Å². The summed E-state index contributed by atoms with van der Waals surface area (Å²) in [5.74, 6) is -0.0796. The lowest BCUT2D eigenvalue weighted by atomic mass is 9.92. The third-order valence-corrected chi connectivity index (χ3v) is 8.35. The SMILES string of the molecule is O=C(N[C@H](C(=O)c1nc(C2CC2)sc1-c1ccccc1)C1CCCCN1)c1ccc(Cl)c(Cl)c1. The maximum atomic E-state index is 14.0. The van der Waals surface area contributed by atoms with Gasteiger partial charge in [0.2, 0.25) is 5.78 Å². The van der Waals surface area contributed by atoms with E-state index in [9.17, 15) is 9.59 Å². The summed E-state index contributed by atoms with van der Waals surface area (Å²) in [5, 5.41) is 8.12. The molecule has 1 aliphatic heterocycles. The number of Topliss-reactive ketones (excluding diaryl/α,β-unsaturated/α-hetero) is 1. The zero-order valence-corrected chi connectivity index (χ0v) is 20.8. The Hall–Kier alpha value is -2.25. The van der Waals surface area contributed by atoms with Crippen LogP contribution in [0.3, 0.4) is 0 Å². The molecule has 5 nitrogen and oxygen atoms in total. The maximum absolute atomic E-state index is 14.0. The van der Waals surface area contributed by atoms with Gasteiger partial charge in [0.15, 0.2) is 0 Å². The first-order chi connectivity index (χ1) is 16.5. The first-order valence-corrected chi connectivity index (χ1v) is 13.2. The number of piperidine rings is 1. The number of hydrogen-bond acceptors (Lipinski definition) is 5. The van der Waals surface area contributed by atoms with E-state index in [1.165, 1.54) is 6.07 Å². The van der Waals surface area contributed by atoms with Crippen molar-refractivity contribution in [2.24, 2.45) is 0 Å². The summed E-state index contributed by atoms with van der Waals surface area (Å²) in [6.45, 7) is 0.813. The van der Waals surface area contributed by atoms with Gasteiger partial charge in [0.05, 0.1) is 19.9 Å². The topological polar surface area (TPSA) is 71.1 Å². The largest absolute Gasteiger partial charge is 0.340 e. The number of amides is 1. The Balaban J connectivity index is 1.49. The van der Waals surface area contributed by atoms with Crippen LogP contribution in [0.15, 0.2) is 48.5 Å². The number of thiazole rings is 1. The van der Waals surface area contributed by atoms with Gasteiger partial charge in [-0.25, -0.2) is 4.98 Å². The summed E-state index contributed by atoms with van der Waals surface area (Å²) in [6.07, 6.45) is 5.07. The van der Waals surface area contributed by atoms with Gasteiger partial charge >= 0.3 is 0 Å². The van der Waals surface area contributed by atoms with Crippen LogP contribution in [0.1, 0.15) is 63.9 Å². The zero-order valence-electron chi connectivity index (χ0n) is 18.5. The number of hydrogen-bond donors (Lipinski definition) is 2. The van der Waals surface area contributed by atoms with Crippen LogP contribution in [0.5, 0.6) is 0 Å². The molecule has 3 aromatic rings. The fraction of sp³-hybridized carbons (Fsp3) is 0.346. The summed E-state index contributed by atoms with van der Waals surface area (Å²) < 4.78 is 0. The van der Waals surface area contributed by atoms with Crippen LogP contribution in [-0.2, 0) is 0 Å². The van der Waals surface area contributed by atoms with Crippen LogP contribution in [-0.4, -0.2) is 35.3 Å². The predicted octanol–water partition coefficient (Wildman–Crippen LogP) is 6.12. The molecule has 1 aliphatic carbocycles. The molecule has 1 amide bonds. The molecule has 2 N–H and O–H groups in total. The molecule has 2 heterocycles. The number of halogens is 2. The molecule has 34 heavy (non-hydrogen) atoms. The molecule has 2 fully saturated rings. The molecule has 2 aliphatic rings. The lowest BCUT2D eigenvalue weighted by Gasteiger charge is -2.31. The number of nitrogens with zero attached hydrogens (tertiary/aromatic N) is 1. The molecule has 1 saturated heterocycles. The van der Waals surface area contributed by atoms with Crippen molar-refractivity contribution in [2.75, 3.05) is 6.54 Å². The molecule has 2 aromatic carbocycles. The number of rotatable bonds is 7. The van der Waals surface area contributed by atoms with Gasteiger partial charge in [0, 0.05) is 17.5 Å². The van der Waals surface area contributed by atoms with Crippen molar-refractivity contribution in [1.29, 1.82) is 0 Å². The fourth-order valence-electron chi connectivity index (χ4n) is 4.32. The Morgan fingerprint density at radius 2 is 1.82 bits per heavy atom. The smallest absolute Gasteiger partial charge is 0.251 e. The highest BCUT2D eigenvalue weighted by Gasteiger charge is 2.36. The molecule has 5 rings (SSSR count). The highest BCUT2D eigenvalue weighted by molar-refractivity contribution is 7.15. The van der Waals surface area contributed by atoms with E-state index in [0.29, 0.717) is 27.2 Å². The minimum atomic E-state index is -0.737. The molecule has 8 heteroatoms. The Bertz CT molecular complexity index is 1200. The Labute approximate surface area is 212 Å². The molecule has 0 spiro atoms. The van der Waals surface area contributed by atoms with Crippen molar-refractivity contribution in [2.45, 2.75) is 50.1 Å². The second-order valence-corrected chi connectivity index (χ2v) is 10.7. The molecule has 0 radical (unpaired) electrons. The average molecular weight is 514 g/mol. The number of nitrogens with one attached hydrogen (secondary N) is 2. The lowest BCUT2D eigenvalue weighted by Crippen LogP contribution is -2.55. The zero-order chi connectivity index (χ0) is 23.7. The minimum absolute atomic E-state index is 0.158. The number of ketones is 1. The standard InChI is InChI=1S/C26H25Cl2N3O2S/c27-18-12-11-17(14-19(18)28)25(33)30-21(20-8-4-5-13-29-20)23(32)22-24(15-6-2-1-3-7-15)34-26(31-22)16-9-10-16/h1-3,6-7,11-12,14,16,20-21,29H,4-5,8-10,13H2,(H,30,33)/t20?,21-/m0/s1. The van der Waals surface area contributed by atoms with Crippen LogP contribution < -0.4 is 10.6 Å². The molecule has 1 unspecified atom stereocenters. The maximum Gasteiger partial charge on any atom is 0.251 e. The number of carbonyl (C=O) groups is 2. The number of benzene rings is 2. The van der Waals surface area contributed by atoms with Crippen molar-refractivity contribution >= 4 is 46.2 Å². The number of aromatic nitrogens is 1. The first-order valence-electron chi connectivity index (χ1n) is 11.6. The van der Waals surface area contributed by atoms with Crippen LogP contribution in [0.2, 0.25) is 10.0 Å².